The summed E-state index contributed by atoms with van der Waals surface area (Å²) >= 11 is 0. The topological polar surface area (TPSA) is 81.5 Å². The van der Waals surface area contributed by atoms with E-state index in [2.05, 4.69) is 5.10 Å². The molecule has 1 heterocycles. The van der Waals surface area contributed by atoms with Crippen LogP contribution in [0.25, 0.3) is 11.3 Å². The van der Waals surface area contributed by atoms with Crippen LogP contribution in [-0.4, -0.2) is 53.7 Å². The SMILES string of the molecule is CCOC(=O)Cc1cccc(C)c1.CCn1nc(-c2cccc(CCC(=O)CCN(C)C)c2)ccc1=O. The molecule has 1 aromatic heterocycles. The van der Waals surface area contributed by atoms with Crippen molar-refractivity contribution in [2.75, 3.05) is 27.2 Å². The number of ether oxygens (including phenoxy) is 1. The number of ketones is 1. The molecule has 0 spiro atoms. The summed E-state index contributed by atoms with van der Waals surface area (Å²) < 4.78 is 6.30. The Morgan fingerprint density at radius 1 is 0.946 bits per heavy atom. The van der Waals surface area contributed by atoms with Gasteiger partial charge in [-0.1, -0.05) is 48.0 Å². The fourth-order valence-corrected chi connectivity index (χ4v) is 3.67. The number of aryl methyl sites for hydroxylation is 3. The molecule has 0 atom stereocenters. The van der Waals surface area contributed by atoms with Crippen molar-refractivity contribution in [3.05, 3.63) is 87.7 Å². The molecule has 0 bridgehead atoms. The maximum atomic E-state index is 11.9. The number of rotatable bonds is 11. The Kier molecular flexibility index (Phi) is 12.4. The average Bonchev–Trinajstić information content (AvgIpc) is 2.87. The summed E-state index contributed by atoms with van der Waals surface area (Å²) in [6.07, 6.45) is 2.25. The Hall–Kier alpha value is -3.58. The number of Topliss-reactive ketones (excluding diaryl/α,β-unsaturated/α-hetero) is 1. The van der Waals surface area contributed by atoms with Gasteiger partial charge in [0.1, 0.15) is 5.78 Å². The highest BCUT2D eigenvalue weighted by atomic mass is 16.5. The summed E-state index contributed by atoms with van der Waals surface area (Å²) in [7, 11) is 3.94. The second-order valence-electron chi connectivity index (χ2n) is 9.14. The zero-order valence-corrected chi connectivity index (χ0v) is 22.7. The van der Waals surface area contributed by atoms with Gasteiger partial charge in [-0.3, -0.25) is 14.4 Å². The van der Waals surface area contributed by atoms with Gasteiger partial charge in [-0.2, -0.15) is 5.10 Å². The smallest absolute Gasteiger partial charge is 0.310 e. The van der Waals surface area contributed by atoms with E-state index in [1.807, 2.05) is 88.3 Å². The molecular weight excluding hydrogens is 466 g/mol. The molecule has 0 radical (unpaired) electrons. The molecule has 3 aromatic rings. The van der Waals surface area contributed by atoms with E-state index in [9.17, 15) is 14.4 Å². The van der Waals surface area contributed by atoms with Crippen LogP contribution in [0.3, 0.4) is 0 Å². The van der Waals surface area contributed by atoms with Gasteiger partial charge in [0, 0.05) is 37.6 Å². The van der Waals surface area contributed by atoms with Crippen molar-refractivity contribution < 1.29 is 14.3 Å². The maximum Gasteiger partial charge on any atom is 0.310 e. The van der Waals surface area contributed by atoms with Crippen molar-refractivity contribution in [1.29, 1.82) is 0 Å². The van der Waals surface area contributed by atoms with E-state index in [1.165, 1.54) is 10.2 Å². The highest BCUT2D eigenvalue weighted by molar-refractivity contribution is 5.78. The van der Waals surface area contributed by atoms with Gasteiger partial charge in [0.15, 0.2) is 0 Å². The molecule has 0 fully saturated rings. The maximum absolute atomic E-state index is 11.9. The van der Waals surface area contributed by atoms with E-state index in [-0.39, 0.29) is 17.3 Å². The largest absolute Gasteiger partial charge is 0.466 e. The lowest BCUT2D eigenvalue weighted by Gasteiger charge is -2.09. The van der Waals surface area contributed by atoms with Crippen molar-refractivity contribution in [2.45, 2.75) is 53.0 Å². The fraction of sp³-hybridized carbons (Fsp3) is 0.400. The molecule has 0 N–H and O–H groups in total. The molecule has 0 amide bonds. The molecule has 3 rings (SSSR count). The standard InChI is InChI=1S/C19H25N3O2.C11H14O2/c1-4-22-19(24)11-10-18(20-22)16-7-5-6-15(14-16)8-9-17(23)12-13-21(2)3;1-3-13-11(12)8-10-6-4-5-9(2)7-10/h5-7,10-11,14H,4,8-9,12-13H2,1-3H3;4-7H,3,8H2,1-2H3. The highest BCUT2D eigenvalue weighted by Crippen LogP contribution is 2.18. The van der Waals surface area contributed by atoms with Gasteiger partial charge in [-0.05, 0) is 64.5 Å². The van der Waals surface area contributed by atoms with Crippen molar-refractivity contribution in [3.8, 4) is 11.3 Å². The van der Waals surface area contributed by atoms with Crippen molar-refractivity contribution in [1.82, 2.24) is 14.7 Å². The summed E-state index contributed by atoms with van der Waals surface area (Å²) in [5.41, 5.74) is 4.94. The Morgan fingerprint density at radius 2 is 1.68 bits per heavy atom. The summed E-state index contributed by atoms with van der Waals surface area (Å²) in [6, 6.07) is 19.2. The van der Waals surface area contributed by atoms with Gasteiger partial charge >= 0.3 is 5.97 Å². The van der Waals surface area contributed by atoms with Crippen LogP contribution in [0, 0.1) is 6.92 Å². The minimum Gasteiger partial charge on any atom is -0.466 e. The number of esters is 1. The van der Waals surface area contributed by atoms with Crippen LogP contribution in [0.1, 0.15) is 43.4 Å². The van der Waals surface area contributed by atoms with Crippen LogP contribution < -0.4 is 5.56 Å². The first-order valence-electron chi connectivity index (χ1n) is 12.8. The fourth-order valence-electron chi connectivity index (χ4n) is 3.67. The molecule has 2 aromatic carbocycles. The van der Waals surface area contributed by atoms with Gasteiger partial charge in [0.05, 0.1) is 18.7 Å². The van der Waals surface area contributed by atoms with Crippen LogP contribution in [0.2, 0.25) is 0 Å². The molecule has 7 heteroatoms. The zero-order valence-electron chi connectivity index (χ0n) is 22.7. The second kappa shape index (κ2) is 15.5. The number of carbonyl (C=O) groups is 2. The van der Waals surface area contributed by atoms with Crippen molar-refractivity contribution in [3.63, 3.8) is 0 Å². The van der Waals surface area contributed by atoms with Gasteiger partial charge in [0.2, 0.25) is 0 Å². The molecule has 0 saturated heterocycles. The number of hydrogen-bond donors (Lipinski definition) is 0. The number of nitrogens with zero attached hydrogens (tertiary/aromatic N) is 3. The Morgan fingerprint density at radius 3 is 2.35 bits per heavy atom. The lowest BCUT2D eigenvalue weighted by molar-refractivity contribution is -0.142. The first-order chi connectivity index (χ1) is 17.7. The quantitative estimate of drug-likeness (QED) is 0.357. The van der Waals surface area contributed by atoms with Crippen LogP contribution in [-0.2, 0) is 33.7 Å². The Bertz CT molecular complexity index is 1220. The molecule has 0 unspecified atom stereocenters. The molecular formula is C30H39N3O4. The second-order valence-corrected chi connectivity index (χ2v) is 9.14. The summed E-state index contributed by atoms with van der Waals surface area (Å²) in [5.74, 6) is 0.125. The lowest BCUT2D eigenvalue weighted by atomic mass is 10.0. The minimum atomic E-state index is -0.159. The van der Waals surface area contributed by atoms with Crippen LogP contribution in [0.4, 0.5) is 0 Å². The van der Waals surface area contributed by atoms with E-state index >= 15 is 0 Å². The molecule has 7 nitrogen and oxygen atoms in total. The van der Waals surface area contributed by atoms with Gasteiger partial charge in [-0.15, -0.1) is 0 Å². The summed E-state index contributed by atoms with van der Waals surface area (Å²) in [6.45, 7) is 7.51. The zero-order chi connectivity index (χ0) is 27.2. The Balaban J connectivity index is 0.000000312. The van der Waals surface area contributed by atoms with E-state index in [1.54, 1.807) is 12.1 Å². The van der Waals surface area contributed by atoms with Crippen molar-refractivity contribution >= 4 is 11.8 Å². The number of benzene rings is 2. The minimum absolute atomic E-state index is 0.0936. The van der Waals surface area contributed by atoms with Crippen LogP contribution in [0.5, 0.6) is 0 Å². The normalized spacial score (nSPS) is 10.5. The molecule has 0 aliphatic heterocycles. The highest BCUT2D eigenvalue weighted by Gasteiger charge is 2.07. The molecule has 198 valence electrons. The third-order valence-electron chi connectivity index (χ3n) is 5.66. The average molecular weight is 506 g/mol. The lowest BCUT2D eigenvalue weighted by Crippen LogP contribution is -2.21. The van der Waals surface area contributed by atoms with Crippen molar-refractivity contribution in [2.24, 2.45) is 0 Å². The van der Waals surface area contributed by atoms with E-state index in [0.717, 1.165) is 35.3 Å². The van der Waals surface area contributed by atoms with E-state index in [4.69, 9.17) is 4.74 Å². The monoisotopic (exact) mass is 505 g/mol. The third kappa shape index (κ3) is 10.9. The molecule has 0 saturated carbocycles. The summed E-state index contributed by atoms with van der Waals surface area (Å²) in [4.78, 5) is 36.7. The predicted octanol–water partition coefficient (Wildman–Crippen LogP) is 4.48. The molecule has 37 heavy (non-hydrogen) atoms. The number of carbonyl (C=O) groups excluding carboxylic acids is 2. The summed E-state index contributed by atoms with van der Waals surface area (Å²) in [5, 5.41) is 4.38. The number of aromatic nitrogens is 2. The molecule has 0 aliphatic carbocycles. The third-order valence-corrected chi connectivity index (χ3v) is 5.66. The Labute approximate surface area is 220 Å². The van der Waals surface area contributed by atoms with Gasteiger partial charge < -0.3 is 9.64 Å². The predicted molar refractivity (Wildman–Crippen MR) is 148 cm³/mol. The first-order valence-corrected chi connectivity index (χ1v) is 12.8. The van der Waals surface area contributed by atoms with Gasteiger partial charge in [-0.25, -0.2) is 4.68 Å². The molecule has 0 aliphatic rings. The number of hydrogen-bond acceptors (Lipinski definition) is 6. The van der Waals surface area contributed by atoms with Crippen LogP contribution >= 0.6 is 0 Å². The van der Waals surface area contributed by atoms with Crippen LogP contribution in [0.15, 0.2) is 65.5 Å². The van der Waals surface area contributed by atoms with Gasteiger partial charge in [0.25, 0.3) is 5.56 Å². The van der Waals surface area contributed by atoms with E-state index in [0.29, 0.717) is 32.4 Å². The first kappa shape index (κ1) is 29.6. The van der Waals surface area contributed by atoms with E-state index < -0.39 is 0 Å².